The Balaban J connectivity index is 2.42. The molecule has 1 amide bonds. The molecule has 5 heteroatoms. The van der Waals surface area contributed by atoms with Gasteiger partial charge in [0.2, 0.25) is 5.91 Å². The highest BCUT2D eigenvalue weighted by atomic mass is 16.1. The SMILES string of the molecule is CC(C)C[C@H](CN)CC(=O)Nc1cnn(C)c1. The number of nitrogens with zero attached hydrogens (tertiary/aromatic N) is 2. The lowest BCUT2D eigenvalue weighted by Crippen LogP contribution is -2.23. The number of nitrogens with one attached hydrogen (secondary N) is 1. The van der Waals surface area contributed by atoms with E-state index in [0.29, 0.717) is 18.9 Å². The van der Waals surface area contributed by atoms with Gasteiger partial charge in [0.25, 0.3) is 0 Å². The van der Waals surface area contributed by atoms with Gasteiger partial charge in [-0.25, -0.2) is 0 Å². The molecule has 0 saturated heterocycles. The molecular formula is C12H22N4O. The van der Waals surface area contributed by atoms with Crippen LogP contribution in [0.25, 0.3) is 0 Å². The van der Waals surface area contributed by atoms with Gasteiger partial charge in [0.05, 0.1) is 11.9 Å². The number of nitrogens with two attached hydrogens (primary N) is 1. The molecule has 1 heterocycles. The zero-order chi connectivity index (χ0) is 12.8. The average Bonchev–Trinajstić information content (AvgIpc) is 2.62. The summed E-state index contributed by atoms with van der Waals surface area (Å²) in [6, 6.07) is 0. The van der Waals surface area contributed by atoms with Gasteiger partial charge in [-0.2, -0.15) is 5.10 Å². The van der Waals surface area contributed by atoms with Gasteiger partial charge in [-0.05, 0) is 24.8 Å². The summed E-state index contributed by atoms with van der Waals surface area (Å²) in [7, 11) is 1.82. The molecule has 0 aliphatic heterocycles. The summed E-state index contributed by atoms with van der Waals surface area (Å²) in [5.41, 5.74) is 6.40. The highest BCUT2D eigenvalue weighted by molar-refractivity contribution is 5.90. The van der Waals surface area contributed by atoms with Crippen molar-refractivity contribution >= 4 is 11.6 Å². The zero-order valence-corrected chi connectivity index (χ0v) is 10.8. The van der Waals surface area contributed by atoms with Gasteiger partial charge >= 0.3 is 0 Å². The molecule has 17 heavy (non-hydrogen) atoms. The van der Waals surface area contributed by atoms with Crippen LogP contribution in [0.2, 0.25) is 0 Å². The van der Waals surface area contributed by atoms with Crippen LogP contribution in [0.5, 0.6) is 0 Å². The van der Waals surface area contributed by atoms with Crippen LogP contribution in [0.3, 0.4) is 0 Å². The standard InChI is InChI=1S/C12H22N4O/c1-9(2)4-10(6-13)5-12(17)15-11-7-14-16(3)8-11/h7-10H,4-6,13H2,1-3H3,(H,15,17)/t10-/m0/s1. The summed E-state index contributed by atoms with van der Waals surface area (Å²) in [4.78, 5) is 11.8. The fourth-order valence-electron chi connectivity index (χ4n) is 1.89. The minimum atomic E-state index is 0.00843. The summed E-state index contributed by atoms with van der Waals surface area (Å²) in [5, 5.41) is 6.82. The predicted octanol–water partition coefficient (Wildman–Crippen LogP) is 1.37. The predicted molar refractivity (Wildman–Crippen MR) is 68.5 cm³/mol. The average molecular weight is 238 g/mol. The normalized spacial score (nSPS) is 12.8. The summed E-state index contributed by atoms with van der Waals surface area (Å²) >= 11 is 0. The Labute approximate surface area is 102 Å². The van der Waals surface area contributed by atoms with Crippen molar-refractivity contribution in [2.45, 2.75) is 26.7 Å². The van der Waals surface area contributed by atoms with E-state index < -0.39 is 0 Å². The first-order chi connectivity index (χ1) is 8.01. The first-order valence-electron chi connectivity index (χ1n) is 5.99. The van der Waals surface area contributed by atoms with E-state index >= 15 is 0 Å². The second-order valence-corrected chi connectivity index (χ2v) is 4.89. The van der Waals surface area contributed by atoms with E-state index in [1.165, 1.54) is 0 Å². The highest BCUT2D eigenvalue weighted by Crippen LogP contribution is 2.15. The summed E-state index contributed by atoms with van der Waals surface area (Å²) in [6.45, 7) is 4.84. The van der Waals surface area contributed by atoms with Gasteiger partial charge in [0.1, 0.15) is 0 Å². The monoisotopic (exact) mass is 238 g/mol. The Bertz CT molecular complexity index is 359. The number of rotatable bonds is 6. The molecule has 0 unspecified atom stereocenters. The van der Waals surface area contributed by atoms with Crippen LogP contribution >= 0.6 is 0 Å². The molecule has 0 bridgehead atoms. The van der Waals surface area contributed by atoms with E-state index in [-0.39, 0.29) is 11.8 Å². The summed E-state index contributed by atoms with van der Waals surface area (Å²) in [5.74, 6) is 0.829. The smallest absolute Gasteiger partial charge is 0.224 e. The minimum Gasteiger partial charge on any atom is -0.330 e. The Hall–Kier alpha value is -1.36. The molecule has 5 nitrogen and oxygen atoms in total. The molecule has 0 saturated carbocycles. The number of anilines is 1. The van der Waals surface area contributed by atoms with Gasteiger partial charge in [0, 0.05) is 19.7 Å². The van der Waals surface area contributed by atoms with Crippen molar-refractivity contribution in [1.82, 2.24) is 9.78 Å². The van der Waals surface area contributed by atoms with E-state index in [1.807, 2.05) is 7.05 Å². The molecule has 0 spiro atoms. The van der Waals surface area contributed by atoms with Gasteiger partial charge in [-0.3, -0.25) is 9.48 Å². The number of hydrogen-bond acceptors (Lipinski definition) is 3. The lowest BCUT2D eigenvalue weighted by atomic mass is 9.94. The van der Waals surface area contributed by atoms with Crippen LogP contribution in [0.15, 0.2) is 12.4 Å². The van der Waals surface area contributed by atoms with E-state index in [0.717, 1.165) is 12.1 Å². The van der Waals surface area contributed by atoms with E-state index in [4.69, 9.17) is 5.73 Å². The van der Waals surface area contributed by atoms with E-state index in [9.17, 15) is 4.79 Å². The minimum absolute atomic E-state index is 0.00843. The lowest BCUT2D eigenvalue weighted by molar-refractivity contribution is -0.117. The van der Waals surface area contributed by atoms with Crippen LogP contribution in [0.1, 0.15) is 26.7 Å². The molecule has 0 aliphatic carbocycles. The number of aryl methyl sites for hydroxylation is 1. The Kier molecular flexibility index (Phi) is 5.15. The molecule has 0 aliphatic rings. The lowest BCUT2D eigenvalue weighted by Gasteiger charge is -2.16. The second kappa shape index (κ2) is 6.39. The molecular weight excluding hydrogens is 216 g/mol. The van der Waals surface area contributed by atoms with Gasteiger partial charge in [0.15, 0.2) is 0 Å². The molecule has 0 fully saturated rings. The first-order valence-corrected chi connectivity index (χ1v) is 5.99. The topological polar surface area (TPSA) is 72.9 Å². The van der Waals surface area contributed by atoms with Gasteiger partial charge < -0.3 is 11.1 Å². The summed E-state index contributed by atoms with van der Waals surface area (Å²) < 4.78 is 1.66. The van der Waals surface area contributed by atoms with Crippen molar-refractivity contribution in [3.8, 4) is 0 Å². The second-order valence-electron chi connectivity index (χ2n) is 4.89. The van der Waals surface area contributed by atoms with Crippen LogP contribution in [0.4, 0.5) is 5.69 Å². The maximum Gasteiger partial charge on any atom is 0.224 e. The fraction of sp³-hybridized carbons (Fsp3) is 0.667. The maximum absolute atomic E-state index is 11.8. The van der Waals surface area contributed by atoms with Crippen LogP contribution < -0.4 is 11.1 Å². The Morgan fingerprint density at radius 3 is 2.76 bits per heavy atom. The molecule has 96 valence electrons. The number of amides is 1. The fourth-order valence-corrected chi connectivity index (χ4v) is 1.89. The number of hydrogen-bond donors (Lipinski definition) is 2. The third kappa shape index (κ3) is 4.99. The van der Waals surface area contributed by atoms with Crippen molar-refractivity contribution in [3.05, 3.63) is 12.4 Å². The molecule has 1 aromatic heterocycles. The van der Waals surface area contributed by atoms with Crippen LogP contribution in [-0.2, 0) is 11.8 Å². The van der Waals surface area contributed by atoms with Gasteiger partial charge in [-0.15, -0.1) is 0 Å². The quantitative estimate of drug-likeness (QED) is 0.786. The zero-order valence-electron chi connectivity index (χ0n) is 10.8. The Morgan fingerprint density at radius 1 is 1.59 bits per heavy atom. The number of carbonyl (C=O) groups excluding carboxylic acids is 1. The first kappa shape index (κ1) is 13.7. The maximum atomic E-state index is 11.8. The molecule has 1 rings (SSSR count). The van der Waals surface area contributed by atoms with Crippen molar-refractivity contribution in [3.63, 3.8) is 0 Å². The Morgan fingerprint density at radius 2 is 2.29 bits per heavy atom. The largest absolute Gasteiger partial charge is 0.330 e. The highest BCUT2D eigenvalue weighted by Gasteiger charge is 2.14. The van der Waals surface area contributed by atoms with Crippen molar-refractivity contribution in [2.75, 3.05) is 11.9 Å². The number of carbonyl (C=O) groups is 1. The summed E-state index contributed by atoms with van der Waals surface area (Å²) in [6.07, 6.45) is 4.87. The third-order valence-electron chi connectivity index (χ3n) is 2.60. The van der Waals surface area contributed by atoms with E-state index in [1.54, 1.807) is 17.1 Å². The van der Waals surface area contributed by atoms with Gasteiger partial charge in [-0.1, -0.05) is 13.8 Å². The van der Waals surface area contributed by atoms with E-state index in [2.05, 4.69) is 24.3 Å². The number of aromatic nitrogens is 2. The molecule has 0 aromatic carbocycles. The molecule has 1 atom stereocenters. The molecule has 0 radical (unpaired) electrons. The molecule has 3 N–H and O–H groups in total. The van der Waals surface area contributed by atoms with Crippen LogP contribution in [-0.4, -0.2) is 22.2 Å². The van der Waals surface area contributed by atoms with Crippen LogP contribution in [0, 0.1) is 11.8 Å². The van der Waals surface area contributed by atoms with Crippen molar-refractivity contribution < 1.29 is 4.79 Å². The third-order valence-corrected chi connectivity index (χ3v) is 2.60. The molecule has 1 aromatic rings. The van der Waals surface area contributed by atoms with Crippen molar-refractivity contribution in [2.24, 2.45) is 24.6 Å². The van der Waals surface area contributed by atoms with Crippen molar-refractivity contribution in [1.29, 1.82) is 0 Å².